The van der Waals surface area contributed by atoms with E-state index in [9.17, 15) is 18.0 Å². The lowest BCUT2D eigenvalue weighted by Crippen LogP contribution is -2.73. The first-order valence-corrected chi connectivity index (χ1v) is 20.9. The molecule has 4 rings (SSSR count). The van der Waals surface area contributed by atoms with Crippen LogP contribution in [-0.2, 0) is 34.5 Å². The Morgan fingerprint density at radius 2 is 1.32 bits per heavy atom. The highest BCUT2D eigenvalue weighted by Gasteiger charge is 2.62. The molecule has 312 valence electrons. The molecule has 1 fully saturated rings. The monoisotopic (exact) mass is 835 g/mol. The fourth-order valence-electron chi connectivity index (χ4n) is 6.12. The summed E-state index contributed by atoms with van der Waals surface area (Å²) in [6.45, 7) is 10.3. The number of benzene rings is 3. The molecule has 1 saturated heterocycles. The van der Waals surface area contributed by atoms with Crippen LogP contribution in [0.5, 0.6) is 17.2 Å². The van der Waals surface area contributed by atoms with Crippen molar-refractivity contribution < 1.29 is 58.3 Å². The number of oxime groups is 1. The summed E-state index contributed by atoms with van der Waals surface area (Å²) in [5.74, 6) is 0.235. The average molecular weight is 836 g/mol. The van der Waals surface area contributed by atoms with Crippen LogP contribution in [0.4, 0.5) is 15.3 Å². The minimum absolute atomic E-state index is 0.150. The number of methoxy groups -OCH3 is 1. The van der Waals surface area contributed by atoms with Gasteiger partial charge in [0.25, 0.3) is 0 Å². The van der Waals surface area contributed by atoms with Crippen LogP contribution in [0.25, 0.3) is 0 Å². The molecule has 4 N–H and O–H groups in total. The maximum atomic E-state index is 15.1. The minimum Gasteiger partial charge on any atom is -0.493 e. The van der Waals surface area contributed by atoms with Crippen molar-refractivity contribution in [1.82, 2.24) is 4.48 Å². The minimum atomic E-state index is -5.00. The number of guanidine groups is 1. The molecule has 2 amide bonds. The molecule has 1 heterocycles. The average Bonchev–Trinajstić information content (AvgIpc) is 3.11. The topological polar surface area (TPSA) is 222 Å². The molecule has 0 spiro atoms. The first-order chi connectivity index (χ1) is 26.5. The lowest BCUT2D eigenvalue weighted by molar-refractivity contribution is -0.738. The van der Waals surface area contributed by atoms with Gasteiger partial charge in [-0.2, -0.15) is 30.9 Å². The van der Waals surface area contributed by atoms with E-state index >= 15 is 8.42 Å². The summed E-state index contributed by atoms with van der Waals surface area (Å²) in [7, 11) is -8.45. The van der Waals surface area contributed by atoms with Gasteiger partial charge >= 0.3 is 32.3 Å². The van der Waals surface area contributed by atoms with Gasteiger partial charge in [0, 0.05) is 18.6 Å². The molecule has 17 nitrogen and oxygen atoms in total. The van der Waals surface area contributed by atoms with Gasteiger partial charge in [-0.05, 0) is 89.5 Å². The lowest BCUT2D eigenvalue weighted by atomic mass is 10.1. The predicted octanol–water partition coefficient (Wildman–Crippen LogP) is 5.14. The van der Waals surface area contributed by atoms with E-state index in [4.69, 9.17) is 39.4 Å². The smallest absolute Gasteiger partial charge is 0.493 e. The fourth-order valence-corrected chi connectivity index (χ4v) is 9.57. The van der Waals surface area contributed by atoms with Crippen LogP contribution in [0.15, 0.2) is 81.7 Å². The van der Waals surface area contributed by atoms with Gasteiger partial charge < -0.3 is 39.4 Å². The summed E-state index contributed by atoms with van der Waals surface area (Å²) in [6.07, 6.45) is -1.45. The largest absolute Gasteiger partial charge is 0.532 e. The highest BCUT2D eigenvalue weighted by atomic mass is 32.2. The van der Waals surface area contributed by atoms with E-state index in [1.165, 1.54) is 31.4 Å². The van der Waals surface area contributed by atoms with Crippen LogP contribution < -0.4 is 29.6 Å². The second-order valence-electron chi connectivity index (χ2n) is 15.4. The van der Waals surface area contributed by atoms with Crippen molar-refractivity contribution in [2.24, 2.45) is 16.6 Å². The number of amides is 2. The van der Waals surface area contributed by atoms with Crippen LogP contribution >= 0.6 is 0 Å². The third-order valence-corrected chi connectivity index (χ3v) is 12.4. The number of quaternary nitrogens is 2. The molecule has 0 saturated carbocycles. The molecule has 0 aromatic heterocycles. The summed E-state index contributed by atoms with van der Waals surface area (Å²) in [6, 6.07) is 16.1. The number of piperazine rings is 1. The fraction of sp³-hybridized carbons (Fsp3) is 0.447. The molecule has 0 unspecified atom stereocenters. The van der Waals surface area contributed by atoms with Gasteiger partial charge in [-0.25, -0.2) is 0 Å². The predicted molar refractivity (Wildman–Crippen MR) is 211 cm³/mol. The zero-order chi connectivity index (χ0) is 42.5. The van der Waals surface area contributed by atoms with E-state index in [-0.39, 0.29) is 43.8 Å². The summed E-state index contributed by atoms with van der Waals surface area (Å²) < 4.78 is 85.0. The molecule has 57 heavy (non-hydrogen) atoms. The second kappa shape index (κ2) is 17.2. The van der Waals surface area contributed by atoms with Crippen LogP contribution in [0, 0.1) is 6.92 Å². The van der Waals surface area contributed by atoms with Crippen molar-refractivity contribution in [1.29, 1.82) is 0 Å². The van der Waals surface area contributed by atoms with Gasteiger partial charge in [-0.1, -0.05) is 24.3 Å². The van der Waals surface area contributed by atoms with Gasteiger partial charge in [-0.15, -0.1) is 3.89 Å². The number of hydrogen-bond acceptors (Lipinski definition) is 13. The molecule has 3 aromatic rings. The van der Waals surface area contributed by atoms with Crippen LogP contribution in [0.3, 0.4) is 0 Å². The summed E-state index contributed by atoms with van der Waals surface area (Å²) >= 11 is 0. The Bertz CT molecular complexity index is 2190. The number of para-hydroxylation sites is 2. The summed E-state index contributed by atoms with van der Waals surface area (Å²) in [5.41, 5.74) is 9.38. The van der Waals surface area contributed by atoms with Crippen molar-refractivity contribution >= 4 is 44.0 Å². The molecule has 0 bridgehead atoms. The van der Waals surface area contributed by atoms with E-state index in [1.54, 1.807) is 78.8 Å². The standard InChI is InChI=1S/C38H53N5O12S2/c1-27-24-28(51-22-13-23-52-41-34(39)40)26-29(25-27)55-57(48,49)33-17-12-11-16-32(33)56(46,47)43(36(45)54-38(5,6)7)20-18-42(19-21-43,35(44)53-37(2,3)4)30-14-9-10-15-31(30)50-8/h9-12,14-17,24-26H,13,18-23H2,1-8H3,(H4,39,40,41)/q+2. The van der Waals surface area contributed by atoms with Crippen molar-refractivity contribution in [3.8, 4) is 17.2 Å². The first kappa shape index (κ1) is 44.6. The Balaban J connectivity index is 1.76. The van der Waals surface area contributed by atoms with E-state index in [0.717, 1.165) is 12.1 Å². The molecule has 1 aliphatic rings. The molecule has 0 aliphatic carbocycles. The van der Waals surface area contributed by atoms with E-state index in [1.807, 2.05) is 0 Å². The molecule has 19 heteroatoms. The zero-order valence-corrected chi connectivity index (χ0v) is 35.1. The highest BCUT2D eigenvalue weighted by Crippen LogP contribution is 2.41. The Labute approximate surface area is 334 Å². The Morgan fingerprint density at radius 1 is 0.754 bits per heavy atom. The van der Waals surface area contributed by atoms with E-state index < -0.39 is 74.8 Å². The number of nitrogens with two attached hydrogens (primary N) is 2. The Morgan fingerprint density at radius 3 is 1.91 bits per heavy atom. The second-order valence-corrected chi connectivity index (χ2v) is 19.0. The number of aryl methyl sites for hydroxylation is 1. The molecule has 0 atom stereocenters. The zero-order valence-electron chi connectivity index (χ0n) is 33.5. The van der Waals surface area contributed by atoms with Gasteiger partial charge in [0.1, 0.15) is 52.2 Å². The summed E-state index contributed by atoms with van der Waals surface area (Å²) in [5, 5.41) is 3.43. The number of hydrogen-bond donors (Lipinski definition) is 2. The number of rotatable bonds is 13. The van der Waals surface area contributed by atoms with Crippen molar-refractivity contribution in [2.45, 2.75) is 75.9 Å². The third-order valence-electron chi connectivity index (χ3n) is 8.61. The maximum absolute atomic E-state index is 15.1. The Hall–Kier alpha value is -5.11. The number of ether oxygens (including phenoxy) is 4. The molecule has 1 aliphatic heterocycles. The van der Waals surface area contributed by atoms with E-state index in [0.29, 0.717) is 23.4 Å². The number of carbonyl (C=O) groups excluding carboxylic acids is 2. The van der Waals surface area contributed by atoms with Gasteiger partial charge in [-0.3, -0.25) is 0 Å². The summed E-state index contributed by atoms with van der Waals surface area (Å²) in [4.78, 5) is 32.0. The first-order valence-electron chi connectivity index (χ1n) is 18.1. The number of nitrogens with zero attached hydrogens (tertiary/aromatic N) is 3. The molecular formula is C38H53N5O12S2+2. The number of sulfonamides is 1. The highest BCUT2D eigenvalue weighted by molar-refractivity contribution is 7.90. The number of carbonyl (C=O) groups is 2. The Kier molecular flexibility index (Phi) is 13.4. The van der Waals surface area contributed by atoms with Crippen molar-refractivity contribution in [2.75, 3.05) is 46.5 Å². The van der Waals surface area contributed by atoms with Crippen molar-refractivity contribution in [3.05, 3.63) is 72.3 Å². The van der Waals surface area contributed by atoms with Gasteiger partial charge in [0.05, 0.1) is 13.7 Å². The lowest BCUT2D eigenvalue weighted by Gasteiger charge is -2.44. The van der Waals surface area contributed by atoms with Crippen molar-refractivity contribution in [3.63, 3.8) is 0 Å². The normalized spacial score (nSPS) is 18.8. The van der Waals surface area contributed by atoms with Gasteiger partial charge in [0.15, 0.2) is 24.5 Å². The SMILES string of the molecule is COc1ccccc1[N+]1(C(=O)OC(C)(C)C)CC[N+](C(=O)OC(C)(C)C)(S(=O)(=O)c2ccccc2S(=O)(=O)Oc2cc(C)cc(OCCCON=C(N)N)c2)CC1. The van der Waals surface area contributed by atoms with Crippen LogP contribution in [0.1, 0.15) is 53.5 Å². The molecule has 0 radical (unpaired) electrons. The van der Waals surface area contributed by atoms with Crippen LogP contribution in [0.2, 0.25) is 0 Å². The molecular weight excluding hydrogens is 783 g/mol. The van der Waals surface area contributed by atoms with Gasteiger partial charge in [0.2, 0.25) is 5.96 Å². The maximum Gasteiger partial charge on any atom is 0.532 e. The quantitative estimate of drug-likeness (QED) is 0.0569. The van der Waals surface area contributed by atoms with Crippen LogP contribution in [-0.4, -0.2) is 96.6 Å². The van der Waals surface area contributed by atoms with E-state index in [2.05, 4.69) is 5.16 Å². The molecule has 3 aromatic carbocycles. The third kappa shape index (κ3) is 10.4.